The Bertz CT molecular complexity index is 1150. The van der Waals surface area contributed by atoms with Crippen LogP contribution in [0.1, 0.15) is 0 Å². The second kappa shape index (κ2) is 5.03. The zero-order chi connectivity index (χ0) is 15.9. The van der Waals surface area contributed by atoms with Crippen molar-refractivity contribution in [2.45, 2.75) is 0 Å². The van der Waals surface area contributed by atoms with Crippen LogP contribution in [0.2, 0.25) is 0 Å². The van der Waals surface area contributed by atoms with Gasteiger partial charge < -0.3 is 4.98 Å². The van der Waals surface area contributed by atoms with E-state index in [0.29, 0.717) is 0 Å². The lowest BCUT2D eigenvalue weighted by molar-refractivity contribution is 0.949. The number of imidazole rings is 2. The van der Waals surface area contributed by atoms with Crippen molar-refractivity contribution in [1.82, 2.24) is 24.6 Å². The van der Waals surface area contributed by atoms with E-state index in [0.717, 1.165) is 39.2 Å². The summed E-state index contributed by atoms with van der Waals surface area (Å²) in [7, 11) is 0. The van der Waals surface area contributed by atoms with Gasteiger partial charge in [0.25, 0.3) is 0 Å². The first kappa shape index (κ1) is 13.0. The van der Waals surface area contributed by atoms with Crippen LogP contribution in [0.15, 0.2) is 73.2 Å². The van der Waals surface area contributed by atoms with E-state index in [4.69, 9.17) is 5.10 Å². The number of hydrogen-bond acceptors (Lipinski definition) is 3. The second-order valence-electron chi connectivity index (χ2n) is 5.63. The number of aromatic nitrogens is 5. The van der Waals surface area contributed by atoms with E-state index in [-0.39, 0.29) is 0 Å². The Kier molecular flexibility index (Phi) is 2.72. The van der Waals surface area contributed by atoms with E-state index < -0.39 is 0 Å². The SMILES string of the molecule is c1ccc(-c2ccc3ncc(-c4ccc5nc[nH]c5c4)n3n2)cc1. The minimum Gasteiger partial charge on any atom is -0.345 e. The molecule has 3 heterocycles. The van der Waals surface area contributed by atoms with Crippen molar-refractivity contribution in [3.05, 3.63) is 73.2 Å². The number of nitrogens with one attached hydrogen (secondary N) is 1. The van der Waals surface area contributed by atoms with Crippen molar-refractivity contribution in [3.63, 3.8) is 0 Å². The van der Waals surface area contributed by atoms with Crippen molar-refractivity contribution in [1.29, 1.82) is 0 Å². The van der Waals surface area contributed by atoms with Gasteiger partial charge in [0.1, 0.15) is 0 Å². The summed E-state index contributed by atoms with van der Waals surface area (Å²) in [5, 5.41) is 4.78. The molecule has 3 aromatic heterocycles. The van der Waals surface area contributed by atoms with E-state index in [2.05, 4.69) is 33.2 Å². The van der Waals surface area contributed by atoms with Gasteiger partial charge in [-0.2, -0.15) is 5.10 Å². The van der Waals surface area contributed by atoms with Crippen LogP contribution in [-0.4, -0.2) is 24.6 Å². The highest BCUT2D eigenvalue weighted by Gasteiger charge is 2.10. The lowest BCUT2D eigenvalue weighted by atomic mass is 10.1. The summed E-state index contributed by atoms with van der Waals surface area (Å²) in [6.45, 7) is 0. The number of benzene rings is 2. The van der Waals surface area contributed by atoms with Crippen LogP contribution in [0.25, 0.3) is 39.2 Å². The molecule has 5 aromatic rings. The van der Waals surface area contributed by atoms with Crippen LogP contribution in [0.3, 0.4) is 0 Å². The van der Waals surface area contributed by atoms with Gasteiger partial charge in [-0.1, -0.05) is 36.4 Å². The molecule has 0 saturated heterocycles. The molecule has 1 N–H and O–H groups in total. The predicted octanol–water partition coefficient (Wildman–Crippen LogP) is 3.94. The summed E-state index contributed by atoms with van der Waals surface area (Å²) in [4.78, 5) is 11.9. The summed E-state index contributed by atoms with van der Waals surface area (Å²) in [5.74, 6) is 0. The molecule has 0 fully saturated rings. The molecule has 24 heavy (non-hydrogen) atoms. The number of hydrogen-bond donors (Lipinski definition) is 1. The summed E-state index contributed by atoms with van der Waals surface area (Å²) in [5.41, 5.74) is 6.80. The highest BCUT2D eigenvalue weighted by atomic mass is 15.3. The van der Waals surface area contributed by atoms with Crippen LogP contribution in [-0.2, 0) is 0 Å². The molecule has 0 aliphatic carbocycles. The Morgan fingerprint density at radius 2 is 1.75 bits per heavy atom. The molecule has 2 aromatic carbocycles. The molecule has 5 nitrogen and oxygen atoms in total. The van der Waals surface area contributed by atoms with E-state index in [1.165, 1.54) is 0 Å². The maximum atomic E-state index is 4.78. The number of fused-ring (bicyclic) bond motifs is 2. The van der Waals surface area contributed by atoms with Crippen LogP contribution < -0.4 is 0 Å². The minimum atomic E-state index is 0.828. The van der Waals surface area contributed by atoms with Gasteiger partial charge in [-0.3, -0.25) is 0 Å². The molecule has 0 aliphatic heterocycles. The zero-order valence-electron chi connectivity index (χ0n) is 12.7. The topological polar surface area (TPSA) is 58.9 Å². The normalized spacial score (nSPS) is 11.3. The zero-order valence-corrected chi connectivity index (χ0v) is 12.7. The predicted molar refractivity (Wildman–Crippen MR) is 93.5 cm³/mol. The maximum absolute atomic E-state index is 4.78. The highest BCUT2D eigenvalue weighted by molar-refractivity contribution is 5.81. The number of H-pyrrole nitrogens is 1. The fourth-order valence-corrected chi connectivity index (χ4v) is 2.93. The number of nitrogens with zero attached hydrogens (tertiary/aromatic N) is 4. The average molecular weight is 311 g/mol. The van der Waals surface area contributed by atoms with Gasteiger partial charge >= 0.3 is 0 Å². The quantitative estimate of drug-likeness (QED) is 0.537. The maximum Gasteiger partial charge on any atom is 0.154 e. The Labute approximate surface area is 137 Å². The smallest absolute Gasteiger partial charge is 0.154 e. The molecule has 0 saturated carbocycles. The fraction of sp³-hybridized carbons (Fsp3) is 0. The van der Waals surface area contributed by atoms with E-state index in [1.807, 2.05) is 53.2 Å². The Morgan fingerprint density at radius 1 is 0.833 bits per heavy atom. The summed E-state index contributed by atoms with van der Waals surface area (Å²) in [6, 6.07) is 20.3. The van der Waals surface area contributed by atoms with E-state index >= 15 is 0 Å². The molecule has 0 amide bonds. The monoisotopic (exact) mass is 311 g/mol. The van der Waals surface area contributed by atoms with Gasteiger partial charge in [0.2, 0.25) is 0 Å². The molecule has 114 valence electrons. The van der Waals surface area contributed by atoms with E-state index in [1.54, 1.807) is 6.33 Å². The number of aromatic amines is 1. The molecule has 0 bridgehead atoms. The molecule has 5 rings (SSSR count). The van der Waals surface area contributed by atoms with Crippen LogP contribution in [0.4, 0.5) is 0 Å². The van der Waals surface area contributed by atoms with Crippen molar-refractivity contribution in [2.24, 2.45) is 0 Å². The van der Waals surface area contributed by atoms with Crippen molar-refractivity contribution >= 4 is 16.7 Å². The first-order valence-corrected chi connectivity index (χ1v) is 7.72. The summed E-state index contributed by atoms with van der Waals surface area (Å²) >= 11 is 0. The Balaban J connectivity index is 1.71. The fourth-order valence-electron chi connectivity index (χ4n) is 2.93. The van der Waals surface area contributed by atoms with Gasteiger partial charge in [0, 0.05) is 11.1 Å². The molecule has 0 radical (unpaired) electrons. The summed E-state index contributed by atoms with van der Waals surface area (Å²) < 4.78 is 1.89. The second-order valence-corrected chi connectivity index (χ2v) is 5.63. The van der Waals surface area contributed by atoms with Gasteiger partial charge in [-0.25, -0.2) is 14.5 Å². The molecule has 0 aliphatic rings. The third kappa shape index (κ3) is 1.99. The average Bonchev–Trinajstić information content (AvgIpc) is 3.27. The van der Waals surface area contributed by atoms with Crippen LogP contribution >= 0.6 is 0 Å². The molecular formula is C19H13N5. The van der Waals surface area contributed by atoms with Gasteiger partial charge in [0.05, 0.1) is 34.9 Å². The molecule has 0 spiro atoms. The Morgan fingerprint density at radius 3 is 2.67 bits per heavy atom. The van der Waals surface area contributed by atoms with Gasteiger partial charge in [0.15, 0.2) is 5.65 Å². The highest BCUT2D eigenvalue weighted by Crippen LogP contribution is 2.25. The van der Waals surface area contributed by atoms with Crippen molar-refractivity contribution in [3.8, 4) is 22.5 Å². The van der Waals surface area contributed by atoms with Gasteiger partial charge in [-0.15, -0.1) is 0 Å². The number of rotatable bonds is 2. The van der Waals surface area contributed by atoms with Gasteiger partial charge in [-0.05, 0) is 24.3 Å². The van der Waals surface area contributed by atoms with Crippen LogP contribution in [0.5, 0.6) is 0 Å². The van der Waals surface area contributed by atoms with Crippen molar-refractivity contribution < 1.29 is 0 Å². The molecular weight excluding hydrogens is 298 g/mol. The molecule has 5 heteroatoms. The lowest BCUT2D eigenvalue weighted by Gasteiger charge is -2.05. The van der Waals surface area contributed by atoms with Crippen LogP contribution in [0, 0.1) is 0 Å². The summed E-state index contributed by atoms with van der Waals surface area (Å²) in [6.07, 6.45) is 3.56. The molecule has 0 unspecified atom stereocenters. The standard InChI is InChI=1S/C19H13N5/c1-2-4-13(5-3-1)15-8-9-19-20-11-18(24(19)23-15)14-6-7-16-17(10-14)22-12-21-16/h1-12H,(H,21,22). The lowest BCUT2D eigenvalue weighted by Crippen LogP contribution is -1.96. The van der Waals surface area contributed by atoms with Crippen molar-refractivity contribution in [2.75, 3.05) is 0 Å². The minimum absolute atomic E-state index is 0.828. The third-order valence-corrected chi connectivity index (χ3v) is 4.15. The largest absolute Gasteiger partial charge is 0.345 e. The first-order chi connectivity index (χ1) is 11.9. The third-order valence-electron chi connectivity index (χ3n) is 4.15. The first-order valence-electron chi connectivity index (χ1n) is 7.72. The van der Waals surface area contributed by atoms with E-state index in [9.17, 15) is 0 Å². The Hall–Kier alpha value is -3.47. The molecule has 0 atom stereocenters.